The molecule has 1 heterocycles. The smallest absolute Gasteiger partial charge is 0.0949 e. The first kappa shape index (κ1) is 15.0. The molecule has 1 aromatic rings. The summed E-state index contributed by atoms with van der Waals surface area (Å²) in [4.78, 5) is 6.04. The number of hydrogen-bond donors (Lipinski definition) is 1. The number of nitrogens with two attached hydrogens (primary N) is 1. The fourth-order valence-corrected chi connectivity index (χ4v) is 4.82. The third-order valence-corrected chi connectivity index (χ3v) is 5.87. The monoisotopic (exact) mass is 280 g/mol. The highest BCUT2D eigenvalue weighted by Crippen LogP contribution is 2.41. The van der Waals surface area contributed by atoms with Crippen molar-refractivity contribution in [2.75, 3.05) is 0 Å². The van der Waals surface area contributed by atoms with E-state index in [0.29, 0.717) is 11.8 Å². The van der Waals surface area contributed by atoms with E-state index in [-0.39, 0.29) is 5.54 Å². The lowest BCUT2D eigenvalue weighted by Crippen LogP contribution is -2.54. The molecule has 3 atom stereocenters. The van der Waals surface area contributed by atoms with Crippen molar-refractivity contribution in [2.45, 2.75) is 65.8 Å². The Kier molecular flexibility index (Phi) is 4.36. The zero-order chi connectivity index (χ0) is 14.2. The molecule has 2 rings (SSSR count). The van der Waals surface area contributed by atoms with Gasteiger partial charge in [-0.1, -0.05) is 27.2 Å². The summed E-state index contributed by atoms with van der Waals surface area (Å²) in [6, 6.07) is 0. The minimum Gasteiger partial charge on any atom is -0.324 e. The van der Waals surface area contributed by atoms with Crippen molar-refractivity contribution in [1.29, 1.82) is 0 Å². The van der Waals surface area contributed by atoms with Crippen molar-refractivity contribution in [1.82, 2.24) is 4.98 Å². The summed E-state index contributed by atoms with van der Waals surface area (Å²) >= 11 is 1.83. The molecule has 1 saturated carbocycles. The van der Waals surface area contributed by atoms with Gasteiger partial charge >= 0.3 is 0 Å². The number of thiazole rings is 1. The van der Waals surface area contributed by atoms with Crippen LogP contribution in [0.15, 0.2) is 0 Å². The molecule has 3 heteroatoms. The number of aryl methyl sites for hydroxylation is 2. The molecule has 0 bridgehead atoms. The zero-order valence-corrected chi connectivity index (χ0v) is 13.8. The van der Waals surface area contributed by atoms with E-state index in [2.05, 4.69) is 34.6 Å². The van der Waals surface area contributed by atoms with Crippen molar-refractivity contribution in [3.05, 3.63) is 15.6 Å². The van der Waals surface area contributed by atoms with E-state index in [9.17, 15) is 0 Å². The highest BCUT2D eigenvalue weighted by atomic mass is 32.1. The molecule has 3 unspecified atom stereocenters. The number of rotatable bonds is 3. The Morgan fingerprint density at radius 1 is 1.37 bits per heavy atom. The van der Waals surface area contributed by atoms with Gasteiger partial charge in [0.2, 0.25) is 0 Å². The maximum atomic E-state index is 6.85. The first-order valence-corrected chi connectivity index (χ1v) is 8.35. The average molecular weight is 280 g/mol. The van der Waals surface area contributed by atoms with E-state index in [0.717, 1.165) is 18.8 Å². The third-order valence-electron chi connectivity index (χ3n) is 4.80. The van der Waals surface area contributed by atoms with Gasteiger partial charge in [-0.3, -0.25) is 0 Å². The SMILES string of the molecule is Cc1nc(CC2(N)CC(C)CCC2C(C)C)sc1C. The lowest BCUT2D eigenvalue weighted by atomic mass is 9.64. The van der Waals surface area contributed by atoms with Gasteiger partial charge in [0, 0.05) is 16.8 Å². The van der Waals surface area contributed by atoms with Gasteiger partial charge in [0.25, 0.3) is 0 Å². The summed E-state index contributed by atoms with van der Waals surface area (Å²) in [6.45, 7) is 11.2. The number of aromatic nitrogens is 1. The fourth-order valence-electron chi connectivity index (χ4n) is 3.75. The first-order chi connectivity index (χ1) is 8.82. The van der Waals surface area contributed by atoms with Crippen molar-refractivity contribution in [3.8, 4) is 0 Å². The van der Waals surface area contributed by atoms with Gasteiger partial charge in [-0.15, -0.1) is 11.3 Å². The molecule has 1 aliphatic rings. The van der Waals surface area contributed by atoms with Crippen LogP contribution >= 0.6 is 11.3 Å². The summed E-state index contributed by atoms with van der Waals surface area (Å²) in [5.74, 6) is 2.05. The standard InChI is InChI=1S/C16H28N2S/c1-10(2)14-7-6-11(3)8-16(14,17)9-15-18-12(4)13(5)19-15/h10-11,14H,6-9,17H2,1-5H3. The molecule has 108 valence electrons. The second-order valence-electron chi connectivity index (χ2n) is 6.90. The lowest BCUT2D eigenvalue weighted by Gasteiger charge is -2.45. The number of hydrogen-bond acceptors (Lipinski definition) is 3. The van der Waals surface area contributed by atoms with E-state index in [1.807, 2.05) is 11.3 Å². The molecule has 1 aromatic heterocycles. The maximum Gasteiger partial charge on any atom is 0.0949 e. The van der Waals surface area contributed by atoms with Gasteiger partial charge in [0.05, 0.1) is 10.7 Å². The van der Waals surface area contributed by atoms with Gasteiger partial charge in [-0.05, 0) is 44.4 Å². The zero-order valence-electron chi connectivity index (χ0n) is 13.0. The predicted octanol–water partition coefficient (Wildman–Crippen LogP) is 4.09. The van der Waals surface area contributed by atoms with Crippen LogP contribution < -0.4 is 5.73 Å². The molecular weight excluding hydrogens is 252 g/mol. The molecule has 0 spiro atoms. The Labute approximate surface area is 121 Å². The highest BCUT2D eigenvalue weighted by molar-refractivity contribution is 7.11. The van der Waals surface area contributed by atoms with E-state index in [1.54, 1.807) is 0 Å². The second kappa shape index (κ2) is 5.53. The van der Waals surface area contributed by atoms with Crippen LogP contribution in [0.4, 0.5) is 0 Å². The Morgan fingerprint density at radius 2 is 2.05 bits per heavy atom. The van der Waals surface area contributed by atoms with Crippen molar-refractivity contribution in [3.63, 3.8) is 0 Å². The summed E-state index contributed by atoms with van der Waals surface area (Å²) in [5.41, 5.74) is 7.97. The van der Waals surface area contributed by atoms with Crippen LogP contribution in [-0.4, -0.2) is 10.5 Å². The Morgan fingerprint density at radius 3 is 2.58 bits per heavy atom. The van der Waals surface area contributed by atoms with Crippen molar-refractivity contribution in [2.24, 2.45) is 23.5 Å². The molecule has 0 radical (unpaired) electrons. The quantitative estimate of drug-likeness (QED) is 0.905. The van der Waals surface area contributed by atoms with Gasteiger partial charge in [-0.2, -0.15) is 0 Å². The Bertz CT molecular complexity index is 418. The van der Waals surface area contributed by atoms with Crippen molar-refractivity contribution < 1.29 is 0 Å². The fraction of sp³-hybridized carbons (Fsp3) is 0.812. The van der Waals surface area contributed by atoms with Crippen LogP contribution in [0, 0.1) is 31.6 Å². The lowest BCUT2D eigenvalue weighted by molar-refractivity contribution is 0.109. The highest BCUT2D eigenvalue weighted by Gasteiger charge is 2.41. The Hall–Kier alpha value is -0.410. The normalized spacial score (nSPS) is 31.9. The maximum absolute atomic E-state index is 6.85. The Balaban J connectivity index is 2.21. The molecule has 2 nitrogen and oxygen atoms in total. The topological polar surface area (TPSA) is 38.9 Å². The molecule has 0 saturated heterocycles. The molecule has 0 amide bonds. The van der Waals surface area contributed by atoms with Crippen LogP contribution in [0.25, 0.3) is 0 Å². The van der Waals surface area contributed by atoms with Crippen LogP contribution in [0.5, 0.6) is 0 Å². The number of nitrogens with zero attached hydrogens (tertiary/aromatic N) is 1. The molecule has 0 aromatic carbocycles. The summed E-state index contributed by atoms with van der Waals surface area (Å²) in [6.07, 6.45) is 4.71. The summed E-state index contributed by atoms with van der Waals surface area (Å²) in [7, 11) is 0. The van der Waals surface area contributed by atoms with Crippen LogP contribution in [-0.2, 0) is 6.42 Å². The second-order valence-corrected chi connectivity index (χ2v) is 8.18. The molecule has 1 aliphatic carbocycles. The molecule has 2 N–H and O–H groups in total. The molecule has 19 heavy (non-hydrogen) atoms. The van der Waals surface area contributed by atoms with Crippen LogP contribution in [0.2, 0.25) is 0 Å². The third kappa shape index (κ3) is 3.19. The van der Waals surface area contributed by atoms with E-state index >= 15 is 0 Å². The van der Waals surface area contributed by atoms with E-state index < -0.39 is 0 Å². The van der Waals surface area contributed by atoms with Gasteiger partial charge in [0.15, 0.2) is 0 Å². The molecule has 0 aliphatic heterocycles. The van der Waals surface area contributed by atoms with Gasteiger partial charge < -0.3 is 5.73 Å². The molecule has 1 fully saturated rings. The van der Waals surface area contributed by atoms with Crippen LogP contribution in [0.3, 0.4) is 0 Å². The summed E-state index contributed by atoms with van der Waals surface area (Å²) in [5, 5.41) is 1.23. The van der Waals surface area contributed by atoms with Crippen LogP contribution in [0.1, 0.15) is 55.6 Å². The van der Waals surface area contributed by atoms with Gasteiger partial charge in [0.1, 0.15) is 0 Å². The summed E-state index contributed by atoms with van der Waals surface area (Å²) < 4.78 is 0. The molecular formula is C16H28N2S. The minimum atomic E-state index is -0.0530. The first-order valence-electron chi connectivity index (χ1n) is 7.53. The largest absolute Gasteiger partial charge is 0.324 e. The van der Waals surface area contributed by atoms with E-state index in [4.69, 9.17) is 10.7 Å². The minimum absolute atomic E-state index is 0.0530. The average Bonchev–Trinajstić information content (AvgIpc) is 2.55. The van der Waals surface area contributed by atoms with Gasteiger partial charge in [-0.25, -0.2) is 4.98 Å². The predicted molar refractivity (Wildman–Crippen MR) is 83.6 cm³/mol. The van der Waals surface area contributed by atoms with Crippen molar-refractivity contribution >= 4 is 11.3 Å². The van der Waals surface area contributed by atoms with E-state index in [1.165, 1.54) is 28.4 Å².